The molecule has 0 aliphatic rings. The van der Waals surface area contributed by atoms with Crippen molar-refractivity contribution >= 4 is 21.8 Å². The zero-order valence-electron chi connectivity index (χ0n) is 11.9. The third-order valence-corrected chi connectivity index (χ3v) is 2.71. The maximum Gasteiger partial charge on any atom is 0.0519 e. The van der Waals surface area contributed by atoms with Crippen LogP contribution in [0.1, 0.15) is 27.7 Å². The van der Waals surface area contributed by atoms with E-state index in [0.717, 1.165) is 0 Å². The maximum atomic E-state index is 4.16. The smallest absolute Gasteiger partial charge is 0.0519 e. The lowest BCUT2D eigenvalue weighted by atomic mass is 10.2. The van der Waals surface area contributed by atoms with Gasteiger partial charge >= 0.3 is 0 Å². The summed E-state index contributed by atoms with van der Waals surface area (Å²) in [4.78, 5) is 4.16. The van der Waals surface area contributed by atoms with E-state index in [9.17, 15) is 0 Å². The van der Waals surface area contributed by atoms with Crippen molar-refractivity contribution in [1.29, 1.82) is 0 Å². The Bertz CT molecular complexity index is 555. The molecule has 0 spiro atoms. The Labute approximate surface area is 109 Å². The molecule has 0 saturated carbocycles. The second-order valence-electron chi connectivity index (χ2n) is 3.47. The van der Waals surface area contributed by atoms with E-state index in [1.807, 2.05) is 40.1 Å². The van der Waals surface area contributed by atoms with E-state index >= 15 is 0 Å². The van der Waals surface area contributed by atoms with E-state index in [1.54, 1.807) is 0 Å². The molecule has 3 rings (SSSR count). The van der Waals surface area contributed by atoms with Crippen molar-refractivity contribution in [2.45, 2.75) is 27.7 Å². The van der Waals surface area contributed by atoms with Crippen molar-refractivity contribution in [3.63, 3.8) is 0 Å². The number of nitrogens with zero attached hydrogens (tertiary/aromatic N) is 2. The van der Waals surface area contributed by atoms with Crippen LogP contribution in [0.25, 0.3) is 21.8 Å². The number of hydrogen-bond donors (Lipinski definition) is 0. The van der Waals surface area contributed by atoms with Crippen LogP contribution in [-0.2, 0) is 7.05 Å². The largest absolute Gasteiger partial charge is 0.344 e. The Morgan fingerprint density at radius 3 is 2.17 bits per heavy atom. The summed E-state index contributed by atoms with van der Waals surface area (Å²) in [5, 5.41) is 2.50. The molecule has 0 aliphatic heterocycles. The molecule has 2 aromatic heterocycles. The van der Waals surface area contributed by atoms with Gasteiger partial charge in [0.15, 0.2) is 0 Å². The first kappa shape index (κ1) is 14.2. The number of aromatic nitrogens is 2. The Balaban J connectivity index is 0.000000371. The van der Waals surface area contributed by atoms with Crippen molar-refractivity contribution in [1.82, 2.24) is 9.55 Å². The van der Waals surface area contributed by atoms with Crippen LogP contribution in [0, 0.1) is 0 Å². The molecule has 0 radical (unpaired) electrons. The number of aryl methyl sites for hydroxylation is 1. The molecule has 0 unspecified atom stereocenters. The molecule has 0 saturated heterocycles. The first-order valence-corrected chi connectivity index (χ1v) is 6.65. The molecule has 1 aromatic carbocycles. The highest BCUT2D eigenvalue weighted by Gasteiger charge is 2.05. The Kier molecular flexibility index (Phi) is 5.37. The highest BCUT2D eigenvalue weighted by atomic mass is 14.9. The maximum absolute atomic E-state index is 4.16. The lowest BCUT2D eigenvalue weighted by Crippen LogP contribution is -1.85. The van der Waals surface area contributed by atoms with Crippen LogP contribution >= 0.6 is 0 Å². The fourth-order valence-electron chi connectivity index (χ4n) is 2.01. The zero-order valence-corrected chi connectivity index (χ0v) is 11.9. The molecule has 0 atom stereocenters. The van der Waals surface area contributed by atoms with Crippen LogP contribution < -0.4 is 0 Å². The molecule has 2 heterocycles. The normalized spacial score (nSPS) is 9.39. The van der Waals surface area contributed by atoms with Crippen LogP contribution in [0.3, 0.4) is 0 Å². The van der Waals surface area contributed by atoms with Crippen molar-refractivity contribution in [2.24, 2.45) is 7.05 Å². The number of hydrogen-bond acceptors (Lipinski definition) is 1. The molecule has 0 amide bonds. The van der Waals surface area contributed by atoms with Gasteiger partial charge in [0, 0.05) is 35.7 Å². The summed E-state index contributed by atoms with van der Waals surface area (Å²) in [5.74, 6) is 0. The van der Waals surface area contributed by atoms with Gasteiger partial charge in [0.25, 0.3) is 0 Å². The number of rotatable bonds is 0. The molecule has 96 valence electrons. The van der Waals surface area contributed by atoms with Gasteiger partial charge in [-0.1, -0.05) is 45.9 Å². The van der Waals surface area contributed by atoms with Gasteiger partial charge in [-0.25, -0.2) is 0 Å². The first-order chi connectivity index (χ1) is 8.88. The number of fused-ring (bicyclic) bond motifs is 3. The van der Waals surface area contributed by atoms with Crippen LogP contribution in [-0.4, -0.2) is 9.55 Å². The van der Waals surface area contributed by atoms with E-state index in [4.69, 9.17) is 0 Å². The highest BCUT2D eigenvalue weighted by Crippen LogP contribution is 2.26. The fourth-order valence-corrected chi connectivity index (χ4v) is 2.01. The third-order valence-electron chi connectivity index (χ3n) is 2.71. The zero-order chi connectivity index (χ0) is 13.5. The molecule has 0 fully saturated rings. The van der Waals surface area contributed by atoms with Gasteiger partial charge in [-0.3, -0.25) is 4.98 Å². The summed E-state index contributed by atoms with van der Waals surface area (Å²) in [7, 11) is 2.09. The van der Waals surface area contributed by atoms with E-state index in [0.29, 0.717) is 0 Å². The average Bonchev–Trinajstić information content (AvgIpc) is 2.78. The molecular formula is C16H22N2. The van der Waals surface area contributed by atoms with Gasteiger partial charge in [0.05, 0.1) is 5.52 Å². The van der Waals surface area contributed by atoms with E-state index in [-0.39, 0.29) is 0 Å². The molecule has 2 heteroatoms. The molecular weight excluding hydrogens is 220 g/mol. The lowest BCUT2D eigenvalue weighted by molar-refractivity contribution is 1.01. The second kappa shape index (κ2) is 6.80. The van der Waals surface area contributed by atoms with Gasteiger partial charge in [-0.05, 0) is 12.1 Å². The summed E-state index contributed by atoms with van der Waals surface area (Å²) in [6.45, 7) is 8.00. The molecule has 18 heavy (non-hydrogen) atoms. The predicted molar refractivity (Wildman–Crippen MR) is 80.9 cm³/mol. The molecule has 2 nitrogen and oxygen atoms in total. The number of pyridine rings is 1. The topological polar surface area (TPSA) is 17.8 Å². The SMILES string of the molecule is CC.CC.Cn1c2ccccc2c2cnccc21. The van der Waals surface area contributed by atoms with Crippen molar-refractivity contribution in [3.05, 3.63) is 42.7 Å². The van der Waals surface area contributed by atoms with E-state index in [2.05, 4.69) is 46.9 Å². The second-order valence-corrected chi connectivity index (χ2v) is 3.47. The molecule has 3 aromatic rings. The highest BCUT2D eigenvalue weighted by molar-refractivity contribution is 6.07. The molecule has 0 bridgehead atoms. The Morgan fingerprint density at radius 2 is 1.44 bits per heavy atom. The van der Waals surface area contributed by atoms with Gasteiger partial charge in [-0.15, -0.1) is 0 Å². The van der Waals surface area contributed by atoms with Crippen LogP contribution in [0.5, 0.6) is 0 Å². The van der Waals surface area contributed by atoms with Gasteiger partial charge in [0.2, 0.25) is 0 Å². The summed E-state index contributed by atoms with van der Waals surface area (Å²) < 4.78 is 2.20. The van der Waals surface area contributed by atoms with E-state index < -0.39 is 0 Å². The van der Waals surface area contributed by atoms with Crippen molar-refractivity contribution in [3.8, 4) is 0 Å². The molecule has 0 aliphatic carbocycles. The minimum absolute atomic E-state index is 1.23. The van der Waals surface area contributed by atoms with Crippen LogP contribution in [0.15, 0.2) is 42.7 Å². The third kappa shape index (κ3) is 2.37. The number of para-hydroxylation sites is 1. The van der Waals surface area contributed by atoms with Crippen LogP contribution in [0.4, 0.5) is 0 Å². The van der Waals surface area contributed by atoms with Crippen molar-refractivity contribution in [2.75, 3.05) is 0 Å². The Morgan fingerprint density at radius 1 is 0.833 bits per heavy atom. The van der Waals surface area contributed by atoms with Gasteiger partial charge < -0.3 is 4.57 Å². The monoisotopic (exact) mass is 242 g/mol. The van der Waals surface area contributed by atoms with Crippen molar-refractivity contribution < 1.29 is 0 Å². The summed E-state index contributed by atoms with van der Waals surface area (Å²) in [5.41, 5.74) is 2.50. The number of benzene rings is 1. The summed E-state index contributed by atoms with van der Waals surface area (Å²) in [6, 6.07) is 10.5. The standard InChI is InChI=1S/C12H10N2.2C2H6/c1-14-11-5-3-2-4-9(11)10-8-13-7-6-12(10)14;2*1-2/h2-8H,1H3;2*1-2H3. The Hall–Kier alpha value is -1.83. The first-order valence-electron chi connectivity index (χ1n) is 6.65. The lowest BCUT2D eigenvalue weighted by Gasteiger charge is -1.95. The summed E-state index contributed by atoms with van der Waals surface area (Å²) in [6.07, 6.45) is 3.76. The quantitative estimate of drug-likeness (QED) is 0.554. The minimum atomic E-state index is 1.23. The van der Waals surface area contributed by atoms with Gasteiger partial charge in [0.1, 0.15) is 0 Å². The molecule has 0 N–H and O–H groups in total. The van der Waals surface area contributed by atoms with Crippen LogP contribution in [0.2, 0.25) is 0 Å². The fraction of sp³-hybridized carbons (Fsp3) is 0.312. The summed E-state index contributed by atoms with van der Waals surface area (Å²) >= 11 is 0. The predicted octanol–water partition coefficient (Wildman–Crippen LogP) is 4.78. The van der Waals surface area contributed by atoms with Gasteiger partial charge in [-0.2, -0.15) is 0 Å². The average molecular weight is 242 g/mol. The van der Waals surface area contributed by atoms with E-state index in [1.165, 1.54) is 21.8 Å². The minimum Gasteiger partial charge on any atom is -0.344 e.